The molecule has 0 saturated carbocycles. The van der Waals surface area contributed by atoms with Gasteiger partial charge in [-0.2, -0.15) is 0 Å². The van der Waals surface area contributed by atoms with Crippen LogP contribution in [0.2, 0.25) is 0 Å². The summed E-state index contributed by atoms with van der Waals surface area (Å²) >= 11 is 0. The number of hydrogen-bond donors (Lipinski definition) is 1. The highest BCUT2D eigenvalue weighted by Gasteiger charge is 1.96. The molecule has 0 fully saturated rings. The van der Waals surface area contributed by atoms with Crippen LogP contribution in [0.5, 0.6) is 0 Å². The maximum absolute atomic E-state index is 10.4. The van der Waals surface area contributed by atoms with Gasteiger partial charge in [-0.3, -0.25) is 4.79 Å². The Bertz CT molecular complexity index is 271. The molecule has 1 N–H and O–H groups in total. The van der Waals surface area contributed by atoms with Crippen LogP contribution in [-0.2, 0) is 4.79 Å². The molecule has 0 saturated heterocycles. The van der Waals surface area contributed by atoms with Gasteiger partial charge >= 0.3 is 5.97 Å². The Kier molecular flexibility index (Phi) is 18.6. The van der Waals surface area contributed by atoms with E-state index < -0.39 is 5.97 Å². The number of rotatable bonds is 18. The minimum absolute atomic E-state index is 0.341. The van der Waals surface area contributed by atoms with Crippen molar-refractivity contribution in [1.82, 2.24) is 0 Å². The van der Waals surface area contributed by atoms with Crippen molar-refractivity contribution in [3.63, 3.8) is 0 Å². The number of aliphatic carboxylic acids is 1. The summed E-state index contributed by atoms with van der Waals surface area (Å²) in [6.07, 6.45) is 25.7. The maximum Gasteiger partial charge on any atom is 0.303 e. The lowest BCUT2D eigenvalue weighted by Crippen LogP contribution is -1.93. The zero-order chi connectivity index (χ0) is 17.0. The molecule has 23 heavy (non-hydrogen) atoms. The minimum Gasteiger partial charge on any atom is -0.481 e. The zero-order valence-corrected chi connectivity index (χ0v) is 15.5. The topological polar surface area (TPSA) is 37.3 Å². The van der Waals surface area contributed by atoms with Gasteiger partial charge in [0.15, 0.2) is 0 Å². The summed E-state index contributed by atoms with van der Waals surface area (Å²) in [6, 6.07) is 0. The van der Waals surface area contributed by atoms with Crippen LogP contribution in [0.1, 0.15) is 116 Å². The summed E-state index contributed by atoms with van der Waals surface area (Å²) in [5, 5.41) is 8.54. The van der Waals surface area contributed by atoms with Crippen LogP contribution in [0.25, 0.3) is 0 Å². The molecule has 136 valence electrons. The quantitative estimate of drug-likeness (QED) is 0.212. The highest BCUT2D eigenvalue weighted by atomic mass is 16.4. The average molecular weight is 325 g/mol. The van der Waals surface area contributed by atoms with Crippen molar-refractivity contribution in [2.75, 3.05) is 0 Å². The van der Waals surface area contributed by atoms with Gasteiger partial charge in [0.25, 0.3) is 0 Å². The normalized spacial score (nSPS) is 11.3. The zero-order valence-electron chi connectivity index (χ0n) is 15.5. The third-order valence-corrected chi connectivity index (χ3v) is 4.40. The Morgan fingerprint density at radius 1 is 0.652 bits per heavy atom. The van der Waals surface area contributed by atoms with E-state index in [1.165, 1.54) is 89.9 Å². The Morgan fingerprint density at radius 2 is 1.04 bits per heavy atom. The molecule has 0 rings (SSSR count). The molecule has 0 aromatic carbocycles. The van der Waals surface area contributed by atoms with Gasteiger partial charge in [-0.05, 0) is 32.1 Å². The third-order valence-electron chi connectivity index (χ3n) is 4.40. The van der Waals surface area contributed by atoms with Crippen molar-refractivity contribution in [1.29, 1.82) is 0 Å². The number of carbonyl (C=O) groups is 1. The second-order valence-corrected chi connectivity index (χ2v) is 6.79. The van der Waals surface area contributed by atoms with Gasteiger partial charge in [0.2, 0.25) is 0 Å². The van der Waals surface area contributed by atoms with E-state index in [4.69, 9.17) is 5.11 Å². The molecule has 0 radical (unpaired) electrons. The number of carboxylic acids is 1. The molecule has 0 amide bonds. The first-order valence-corrected chi connectivity index (χ1v) is 10.1. The summed E-state index contributed by atoms with van der Waals surface area (Å²) in [4.78, 5) is 10.4. The van der Waals surface area contributed by atoms with E-state index >= 15 is 0 Å². The molecule has 2 heteroatoms. The number of hydrogen-bond acceptors (Lipinski definition) is 1. The molecule has 0 bridgehead atoms. The third kappa shape index (κ3) is 21.2. The van der Waals surface area contributed by atoms with E-state index in [-0.39, 0.29) is 0 Å². The van der Waals surface area contributed by atoms with Gasteiger partial charge in [-0.15, -0.1) is 0 Å². The predicted molar refractivity (Wildman–Crippen MR) is 101 cm³/mol. The van der Waals surface area contributed by atoms with Crippen molar-refractivity contribution in [3.8, 4) is 0 Å². The summed E-state index contributed by atoms with van der Waals surface area (Å²) < 4.78 is 0. The first kappa shape index (κ1) is 22.2. The molecule has 0 spiro atoms. The molecule has 0 aliphatic rings. The smallest absolute Gasteiger partial charge is 0.303 e. The van der Waals surface area contributed by atoms with Gasteiger partial charge in [0.1, 0.15) is 0 Å². The summed E-state index contributed by atoms with van der Waals surface area (Å²) in [5.74, 6) is -0.656. The Morgan fingerprint density at radius 3 is 1.48 bits per heavy atom. The largest absolute Gasteiger partial charge is 0.481 e. The standard InChI is InChI=1S/C21H40O2/c1-2-3-4-5-6-7-8-9-10-11-12-13-14-15-16-17-18-19-20-21(22)23/h6-7H,2-5,8-20H2,1H3,(H,22,23)/b7-6+. The van der Waals surface area contributed by atoms with Crippen molar-refractivity contribution >= 4 is 5.97 Å². The van der Waals surface area contributed by atoms with E-state index in [0.29, 0.717) is 6.42 Å². The molecule has 0 unspecified atom stereocenters. The van der Waals surface area contributed by atoms with E-state index in [0.717, 1.165) is 12.8 Å². The highest BCUT2D eigenvalue weighted by Crippen LogP contribution is 2.12. The number of carboxylic acid groups (broad SMARTS) is 1. The van der Waals surface area contributed by atoms with E-state index in [1.54, 1.807) is 0 Å². The highest BCUT2D eigenvalue weighted by molar-refractivity contribution is 5.66. The lowest BCUT2D eigenvalue weighted by molar-refractivity contribution is -0.137. The van der Waals surface area contributed by atoms with Gasteiger partial charge in [0, 0.05) is 6.42 Å². The van der Waals surface area contributed by atoms with Crippen molar-refractivity contribution < 1.29 is 9.90 Å². The molecular weight excluding hydrogens is 284 g/mol. The van der Waals surface area contributed by atoms with Gasteiger partial charge in [-0.25, -0.2) is 0 Å². The maximum atomic E-state index is 10.4. The molecule has 0 aliphatic carbocycles. The summed E-state index contributed by atoms with van der Waals surface area (Å²) in [6.45, 7) is 2.26. The molecule has 0 aromatic rings. The second kappa shape index (κ2) is 19.3. The minimum atomic E-state index is -0.656. The van der Waals surface area contributed by atoms with Crippen LogP contribution >= 0.6 is 0 Å². The number of unbranched alkanes of at least 4 members (excludes halogenated alkanes) is 14. The van der Waals surface area contributed by atoms with Gasteiger partial charge in [0.05, 0.1) is 0 Å². The Hall–Kier alpha value is -0.790. The summed E-state index contributed by atoms with van der Waals surface area (Å²) in [5.41, 5.74) is 0. The first-order valence-electron chi connectivity index (χ1n) is 10.1. The SMILES string of the molecule is CCCCC/C=C/CCCCCCCCCCCCCC(=O)O. The predicted octanol–water partition coefficient (Wildman–Crippen LogP) is 7.28. The average Bonchev–Trinajstić information content (AvgIpc) is 2.53. The monoisotopic (exact) mass is 324 g/mol. The van der Waals surface area contributed by atoms with Crippen LogP contribution in [0.15, 0.2) is 12.2 Å². The lowest BCUT2D eigenvalue weighted by atomic mass is 10.0. The number of allylic oxidation sites excluding steroid dienone is 2. The molecule has 0 atom stereocenters. The molecule has 2 nitrogen and oxygen atoms in total. The van der Waals surface area contributed by atoms with Crippen LogP contribution in [-0.4, -0.2) is 11.1 Å². The second-order valence-electron chi connectivity index (χ2n) is 6.79. The summed E-state index contributed by atoms with van der Waals surface area (Å²) in [7, 11) is 0. The van der Waals surface area contributed by atoms with Crippen LogP contribution in [0.3, 0.4) is 0 Å². The first-order chi connectivity index (χ1) is 11.3. The molecular formula is C21H40O2. The van der Waals surface area contributed by atoms with Gasteiger partial charge in [-0.1, -0.05) is 89.7 Å². The molecule has 0 aromatic heterocycles. The molecule has 0 heterocycles. The molecule has 0 aliphatic heterocycles. The fourth-order valence-electron chi connectivity index (χ4n) is 2.88. The van der Waals surface area contributed by atoms with E-state index in [1.807, 2.05) is 0 Å². The van der Waals surface area contributed by atoms with Crippen LogP contribution in [0, 0.1) is 0 Å². The fourth-order valence-corrected chi connectivity index (χ4v) is 2.88. The fraction of sp³-hybridized carbons (Fsp3) is 0.857. The lowest BCUT2D eigenvalue weighted by Gasteiger charge is -2.02. The van der Waals surface area contributed by atoms with Crippen LogP contribution in [0.4, 0.5) is 0 Å². The van der Waals surface area contributed by atoms with E-state index in [2.05, 4.69) is 19.1 Å². The van der Waals surface area contributed by atoms with Crippen molar-refractivity contribution in [2.45, 2.75) is 116 Å². The van der Waals surface area contributed by atoms with Gasteiger partial charge < -0.3 is 5.11 Å². The van der Waals surface area contributed by atoms with Crippen LogP contribution < -0.4 is 0 Å². The van der Waals surface area contributed by atoms with Crippen molar-refractivity contribution in [2.24, 2.45) is 0 Å². The van der Waals surface area contributed by atoms with Crippen molar-refractivity contribution in [3.05, 3.63) is 12.2 Å². The Balaban J connectivity index is 3.04. The Labute approximate surface area is 144 Å². The van der Waals surface area contributed by atoms with E-state index in [9.17, 15) is 4.79 Å².